The molecule has 1 saturated heterocycles. The smallest absolute Gasteiger partial charge is 0.272 e. The van der Waals surface area contributed by atoms with Crippen molar-refractivity contribution in [2.24, 2.45) is 13.0 Å². The van der Waals surface area contributed by atoms with Crippen molar-refractivity contribution in [3.8, 4) is 5.75 Å². The Bertz CT molecular complexity index is 1050. The van der Waals surface area contributed by atoms with Gasteiger partial charge in [0.25, 0.3) is 11.8 Å². The molecule has 5 rings (SSSR count). The summed E-state index contributed by atoms with van der Waals surface area (Å²) in [6.45, 7) is 4.44. The average Bonchev–Trinajstić information content (AvgIpc) is 3.59. The zero-order valence-corrected chi connectivity index (χ0v) is 19.4. The van der Waals surface area contributed by atoms with E-state index in [4.69, 9.17) is 9.47 Å². The molecule has 176 valence electrons. The molecule has 1 saturated carbocycles. The third-order valence-corrected chi connectivity index (χ3v) is 7.13. The summed E-state index contributed by atoms with van der Waals surface area (Å²) in [5, 5.41) is 7.53. The molecule has 2 amide bonds. The third-order valence-electron chi connectivity index (χ3n) is 7.13. The van der Waals surface area contributed by atoms with Crippen LogP contribution in [0.2, 0.25) is 0 Å². The number of fused-ring (bicyclic) bond motifs is 1. The van der Waals surface area contributed by atoms with Crippen LogP contribution in [-0.4, -0.2) is 58.3 Å². The molecule has 33 heavy (non-hydrogen) atoms. The minimum absolute atomic E-state index is 0.00184. The molecule has 1 N–H and O–H groups in total. The van der Waals surface area contributed by atoms with Gasteiger partial charge in [-0.05, 0) is 56.2 Å². The first-order valence-corrected chi connectivity index (χ1v) is 11.9. The van der Waals surface area contributed by atoms with E-state index in [1.807, 2.05) is 47.8 Å². The number of nitrogens with one attached hydrogen (secondary N) is 1. The van der Waals surface area contributed by atoms with Crippen molar-refractivity contribution in [1.29, 1.82) is 0 Å². The van der Waals surface area contributed by atoms with Crippen LogP contribution in [0.4, 0.5) is 0 Å². The van der Waals surface area contributed by atoms with E-state index in [0.717, 1.165) is 36.2 Å². The Kier molecular flexibility index (Phi) is 5.86. The first kappa shape index (κ1) is 21.9. The van der Waals surface area contributed by atoms with Gasteiger partial charge in [0, 0.05) is 44.4 Å². The third kappa shape index (κ3) is 4.76. The standard InChI is InChI=1S/C25H32N4O4/c1-17-4-3-5-19(12-17)32-16-22(30)29-10-8-25(9-11-29)13-21-20(15-33-25)23(27-28(21)2)24(31)26-14-18-6-7-18/h3-5,12,18H,6-11,13-16H2,1-2H3,(H,26,31). The van der Waals surface area contributed by atoms with E-state index in [2.05, 4.69) is 10.4 Å². The summed E-state index contributed by atoms with van der Waals surface area (Å²) >= 11 is 0. The second-order valence-electron chi connectivity index (χ2n) is 9.69. The van der Waals surface area contributed by atoms with E-state index >= 15 is 0 Å². The molecular formula is C25H32N4O4. The number of benzene rings is 1. The summed E-state index contributed by atoms with van der Waals surface area (Å²) in [5.74, 6) is 1.24. The summed E-state index contributed by atoms with van der Waals surface area (Å²) in [5.41, 5.74) is 3.26. The number of likely N-dealkylation sites (tertiary alicyclic amines) is 1. The molecule has 8 heteroatoms. The summed E-state index contributed by atoms with van der Waals surface area (Å²) in [7, 11) is 1.90. The van der Waals surface area contributed by atoms with Crippen LogP contribution in [0, 0.1) is 12.8 Å². The highest BCUT2D eigenvalue weighted by molar-refractivity contribution is 5.94. The van der Waals surface area contributed by atoms with Crippen LogP contribution in [0.1, 0.15) is 53.0 Å². The predicted molar refractivity (Wildman–Crippen MR) is 122 cm³/mol. The summed E-state index contributed by atoms with van der Waals surface area (Å²) < 4.78 is 13.9. The molecule has 2 aliphatic heterocycles. The number of nitrogens with zero attached hydrogens (tertiary/aromatic N) is 3. The summed E-state index contributed by atoms with van der Waals surface area (Å²) in [6, 6.07) is 7.73. The summed E-state index contributed by atoms with van der Waals surface area (Å²) in [6.07, 6.45) is 4.63. The lowest BCUT2D eigenvalue weighted by atomic mass is 9.83. The lowest BCUT2D eigenvalue weighted by molar-refractivity contribution is -0.143. The molecule has 0 radical (unpaired) electrons. The average molecular weight is 453 g/mol. The highest BCUT2D eigenvalue weighted by Gasteiger charge is 2.42. The minimum atomic E-state index is -0.309. The van der Waals surface area contributed by atoms with E-state index in [1.54, 1.807) is 0 Å². The molecule has 3 aliphatic rings. The quantitative estimate of drug-likeness (QED) is 0.727. The van der Waals surface area contributed by atoms with Crippen molar-refractivity contribution in [2.75, 3.05) is 26.2 Å². The van der Waals surface area contributed by atoms with E-state index < -0.39 is 0 Å². The van der Waals surface area contributed by atoms with Crippen molar-refractivity contribution in [3.63, 3.8) is 0 Å². The topological polar surface area (TPSA) is 85.7 Å². The molecule has 0 atom stereocenters. The molecule has 0 unspecified atom stereocenters. The lowest BCUT2D eigenvalue weighted by Crippen LogP contribution is -2.51. The molecule has 3 heterocycles. The van der Waals surface area contributed by atoms with Gasteiger partial charge in [0.1, 0.15) is 5.75 Å². The van der Waals surface area contributed by atoms with E-state index in [-0.39, 0.29) is 24.0 Å². The normalized spacial score (nSPS) is 19.3. The fraction of sp³-hybridized carbons (Fsp3) is 0.560. The number of ether oxygens (including phenoxy) is 2. The molecule has 1 aliphatic carbocycles. The second-order valence-corrected chi connectivity index (χ2v) is 9.69. The van der Waals surface area contributed by atoms with Crippen LogP contribution in [-0.2, 0) is 29.6 Å². The maximum atomic E-state index is 12.7. The molecular weight excluding hydrogens is 420 g/mol. The van der Waals surface area contributed by atoms with Gasteiger partial charge in [-0.3, -0.25) is 14.3 Å². The molecule has 1 aromatic heterocycles. The first-order valence-electron chi connectivity index (χ1n) is 11.9. The number of piperidine rings is 1. The van der Waals surface area contributed by atoms with Crippen LogP contribution in [0.25, 0.3) is 0 Å². The van der Waals surface area contributed by atoms with Gasteiger partial charge < -0.3 is 19.7 Å². The molecule has 2 fully saturated rings. The molecule has 8 nitrogen and oxygen atoms in total. The van der Waals surface area contributed by atoms with Crippen molar-refractivity contribution in [2.45, 2.75) is 51.2 Å². The van der Waals surface area contributed by atoms with Crippen molar-refractivity contribution in [3.05, 3.63) is 46.8 Å². The van der Waals surface area contributed by atoms with Crippen LogP contribution < -0.4 is 10.1 Å². The van der Waals surface area contributed by atoms with Gasteiger partial charge in [0.2, 0.25) is 0 Å². The molecule has 0 bridgehead atoms. The minimum Gasteiger partial charge on any atom is -0.484 e. The Hall–Kier alpha value is -2.87. The van der Waals surface area contributed by atoms with E-state index in [9.17, 15) is 9.59 Å². The number of hydrogen-bond acceptors (Lipinski definition) is 5. The number of carbonyl (C=O) groups is 2. The van der Waals surface area contributed by atoms with Crippen LogP contribution in [0.15, 0.2) is 24.3 Å². The number of aryl methyl sites for hydroxylation is 2. The zero-order chi connectivity index (χ0) is 23.0. The Morgan fingerprint density at radius 3 is 2.79 bits per heavy atom. The lowest BCUT2D eigenvalue weighted by Gasteiger charge is -2.43. The van der Waals surface area contributed by atoms with E-state index in [0.29, 0.717) is 43.5 Å². The van der Waals surface area contributed by atoms with Crippen LogP contribution in [0.5, 0.6) is 5.75 Å². The molecule has 2 aromatic rings. The van der Waals surface area contributed by atoms with Gasteiger partial charge in [0.05, 0.1) is 12.2 Å². The van der Waals surface area contributed by atoms with Gasteiger partial charge >= 0.3 is 0 Å². The van der Waals surface area contributed by atoms with Gasteiger partial charge in [0.15, 0.2) is 12.3 Å². The number of amides is 2. The highest BCUT2D eigenvalue weighted by Crippen LogP contribution is 2.37. The van der Waals surface area contributed by atoms with Gasteiger partial charge in [-0.2, -0.15) is 5.10 Å². The maximum absolute atomic E-state index is 12.7. The fourth-order valence-corrected chi connectivity index (χ4v) is 4.81. The van der Waals surface area contributed by atoms with Crippen molar-refractivity contribution >= 4 is 11.8 Å². The van der Waals surface area contributed by atoms with Crippen molar-refractivity contribution in [1.82, 2.24) is 20.0 Å². The van der Waals surface area contributed by atoms with Crippen LogP contribution >= 0.6 is 0 Å². The summed E-state index contributed by atoms with van der Waals surface area (Å²) in [4.78, 5) is 27.2. The number of rotatable bonds is 6. The van der Waals surface area contributed by atoms with Crippen LogP contribution in [0.3, 0.4) is 0 Å². The number of carbonyl (C=O) groups excluding carboxylic acids is 2. The van der Waals surface area contributed by atoms with E-state index in [1.165, 1.54) is 12.8 Å². The van der Waals surface area contributed by atoms with Gasteiger partial charge in [-0.15, -0.1) is 0 Å². The zero-order valence-electron chi connectivity index (χ0n) is 19.4. The Morgan fingerprint density at radius 1 is 1.27 bits per heavy atom. The Balaban J connectivity index is 1.17. The fourth-order valence-electron chi connectivity index (χ4n) is 4.81. The Labute approximate surface area is 194 Å². The predicted octanol–water partition coefficient (Wildman–Crippen LogP) is 2.38. The highest BCUT2D eigenvalue weighted by atomic mass is 16.5. The first-order chi connectivity index (χ1) is 15.9. The largest absolute Gasteiger partial charge is 0.484 e. The monoisotopic (exact) mass is 452 g/mol. The molecule has 1 aromatic carbocycles. The SMILES string of the molecule is Cc1cccc(OCC(=O)N2CCC3(CC2)Cc2c(c(C(=O)NCC4CC4)nn2C)CO3)c1. The van der Waals surface area contributed by atoms with Gasteiger partial charge in [-0.25, -0.2) is 0 Å². The van der Waals surface area contributed by atoms with Gasteiger partial charge in [-0.1, -0.05) is 12.1 Å². The molecule has 1 spiro atoms. The second kappa shape index (κ2) is 8.82. The van der Waals surface area contributed by atoms with Crippen molar-refractivity contribution < 1.29 is 19.1 Å². The maximum Gasteiger partial charge on any atom is 0.272 e. The number of hydrogen-bond donors (Lipinski definition) is 1. The number of aromatic nitrogens is 2. The Morgan fingerprint density at radius 2 is 2.06 bits per heavy atom.